The van der Waals surface area contributed by atoms with Gasteiger partial charge in [0.2, 0.25) is 0 Å². The lowest BCUT2D eigenvalue weighted by atomic mass is 9.90. The van der Waals surface area contributed by atoms with E-state index in [0.29, 0.717) is 0 Å². The van der Waals surface area contributed by atoms with Crippen molar-refractivity contribution in [2.75, 3.05) is 0 Å². The molecule has 2 unspecified atom stereocenters. The Hall–Kier alpha value is -2.54. The minimum absolute atomic E-state index is 0.00118. The Labute approximate surface area is 190 Å². The molecule has 0 amide bonds. The van der Waals surface area contributed by atoms with Gasteiger partial charge in [0, 0.05) is 48.2 Å². The van der Waals surface area contributed by atoms with Gasteiger partial charge in [0.25, 0.3) is 0 Å². The van der Waals surface area contributed by atoms with E-state index in [1.54, 1.807) is 18.6 Å². The van der Waals surface area contributed by atoms with Crippen molar-refractivity contribution in [2.24, 2.45) is 5.41 Å². The van der Waals surface area contributed by atoms with E-state index in [2.05, 4.69) is 56.1 Å². The van der Waals surface area contributed by atoms with E-state index in [9.17, 15) is 0 Å². The molecule has 170 valence electrons. The Morgan fingerprint density at radius 3 is 2.53 bits per heavy atom. The molecule has 5 rings (SSSR count). The molecule has 0 aromatic carbocycles. The molecule has 0 saturated carbocycles. The average Bonchev–Trinajstić information content (AvgIpc) is 3.42. The number of hydrogen-bond acceptors (Lipinski definition) is 5. The van der Waals surface area contributed by atoms with Gasteiger partial charge in [-0.05, 0) is 24.7 Å². The normalized spacial score (nSPS) is 20.6. The van der Waals surface area contributed by atoms with Crippen molar-refractivity contribution in [3.63, 3.8) is 0 Å². The van der Waals surface area contributed by atoms with E-state index in [1.807, 2.05) is 10.9 Å². The molecule has 7 nitrogen and oxygen atoms in total. The van der Waals surface area contributed by atoms with E-state index in [-0.39, 0.29) is 23.0 Å². The molecule has 2 atom stereocenters. The molecule has 1 saturated heterocycles. The standard InChI is InChI=1S/C25H34N6O/c1-24(2,3)9-12-30-19(25(4,5)6)14-28-23(30)21-17-13-16-7-8-18(32-16)22(17)31(29-21)20-15-26-10-11-27-20/h10-11,14-16,18H,7-9,12-13H2,1-6H3. The zero-order valence-electron chi connectivity index (χ0n) is 20.1. The molecule has 2 bridgehead atoms. The van der Waals surface area contributed by atoms with E-state index in [1.165, 1.54) is 11.3 Å². The van der Waals surface area contributed by atoms with Crippen molar-refractivity contribution in [3.05, 3.63) is 41.7 Å². The summed E-state index contributed by atoms with van der Waals surface area (Å²) in [4.78, 5) is 13.8. The molecule has 3 aromatic rings. The molecule has 0 N–H and O–H groups in total. The highest BCUT2D eigenvalue weighted by Crippen LogP contribution is 2.45. The van der Waals surface area contributed by atoms with E-state index < -0.39 is 0 Å². The van der Waals surface area contributed by atoms with Gasteiger partial charge < -0.3 is 9.30 Å². The van der Waals surface area contributed by atoms with Crippen LogP contribution in [0.4, 0.5) is 0 Å². The lowest BCUT2D eigenvalue weighted by Gasteiger charge is -2.25. The van der Waals surface area contributed by atoms with Gasteiger partial charge in [0.15, 0.2) is 11.6 Å². The summed E-state index contributed by atoms with van der Waals surface area (Å²) in [7, 11) is 0. The van der Waals surface area contributed by atoms with Crippen molar-refractivity contribution in [2.45, 2.75) is 91.4 Å². The fourth-order valence-electron chi connectivity index (χ4n) is 4.87. The third-order valence-electron chi connectivity index (χ3n) is 6.56. The topological polar surface area (TPSA) is 70.7 Å². The molecule has 5 heterocycles. The highest BCUT2D eigenvalue weighted by atomic mass is 16.5. The Kier molecular flexibility index (Phi) is 5.00. The average molecular weight is 435 g/mol. The van der Waals surface area contributed by atoms with E-state index in [0.717, 1.165) is 55.3 Å². The van der Waals surface area contributed by atoms with Gasteiger partial charge in [0.05, 0.1) is 18.0 Å². The molecule has 32 heavy (non-hydrogen) atoms. The summed E-state index contributed by atoms with van der Waals surface area (Å²) in [5, 5.41) is 5.10. The highest BCUT2D eigenvalue weighted by Gasteiger charge is 2.40. The molecule has 0 aliphatic carbocycles. The summed E-state index contributed by atoms with van der Waals surface area (Å²) in [6.07, 6.45) is 11.6. The van der Waals surface area contributed by atoms with Crippen LogP contribution < -0.4 is 0 Å². The molecule has 3 aromatic heterocycles. The maximum absolute atomic E-state index is 6.28. The fourth-order valence-corrected chi connectivity index (χ4v) is 4.87. The molecule has 0 radical (unpaired) electrons. The number of aromatic nitrogens is 6. The van der Waals surface area contributed by atoms with Crippen LogP contribution in [0.15, 0.2) is 24.8 Å². The molecule has 0 spiro atoms. The van der Waals surface area contributed by atoms with Crippen LogP contribution in [0.2, 0.25) is 0 Å². The van der Waals surface area contributed by atoms with Gasteiger partial charge in [0.1, 0.15) is 11.8 Å². The zero-order chi connectivity index (χ0) is 22.7. The Morgan fingerprint density at radius 1 is 1.03 bits per heavy atom. The third kappa shape index (κ3) is 3.76. The Morgan fingerprint density at radius 2 is 1.84 bits per heavy atom. The van der Waals surface area contributed by atoms with Crippen LogP contribution in [-0.2, 0) is 23.1 Å². The zero-order valence-corrected chi connectivity index (χ0v) is 20.1. The predicted octanol–water partition coefficient (Wildman–Crippen LogP) is 5.04. The first-order chi connectivity index (χ1) is 15.1. The largest absolute Gasteiger partial charge is 0.368 e. The van der Waals surface area contributed by atoms with Crippen molar-refractivity contribution in [1.29, 1.82) is 0 Å². The Balaban J connectivity index is 1.68. The molecular formula is C25H34N6O. The molecule has 2 aliphatic rings. The number of fused-ring (bicyclic) bond motifs is 4. The first-order valence-corrected chi connectivity index (χ1v) is 11.7. The van der Waals surface area contributed by atoms with Crippen LogP contribution >= 0.6 is 0 Å². The Bertz CT molecular complexity index is 1120. The number of hydrogen-bond donors (Lipinski definition) is 0. The van der Waals surface area contributed by atoms with Crippen LogP contribution in [-0.4, -0.2) is 35.4 Å². The van der Waals surface area contributed by atoms with Gasteiger partial charge >= 0.3 is 0 Å². The van der Waals surface area contributed by atoms with Crippen molar-refractivity contribution < 1.29 is 4.74 Å². The second-order valence-electron chi connectivity index (χ2n) is 11.4. The number of imidazole rings is 1. The van der Waals surface area contributed by atoms with Crippen LogP contribution in [0.3, 0.4) is 0 Å². The fraction of sp³-hybridized carbons (Fsp3) is 0.600. The second-order valence-corrected chi connectivity index (χ2v) is 11.4. The lowest BCUT2D eigenvalue weighted by Crippen LogP contribution is -2.21. The SMILES string of the molecule is CC(C)(C)CCn1c(C(C)(C)C)cnc1-c1nn(-c2cnccn2)c2c1CC1CCC2O1. The van der Waals surface area contributed by atoms with Crippen LogP contribution in [0.1, 0.15) is 83.9 Å². The second kappa shape index (κ2) is 7.51. The van der Waals surface area contributed by atoms with Gasteiger partial charge in [-0.15, -0.1) is 0 Å². The third-order valence-corrected chi connectivity index (χ3v) is 6.56. The number of ether oxygens (including phenoxy) is 1. The summed E-state index contributed by atoms with van der Waals surface area (Å²) in [6.45, 7) is 14.6. The van der Waals surface area contributed by atoms with Crippen molar-refractivity contribution >= 4 is 0 Å². The van der Waals surface area contributed by atoms with Crippen molar-refractivity contribution in [3.8, 4) is 17.3 Å². The van der Waals surface area contributed by atoms with Gasteiger partial charge in [-0.2, -0.15) is 5.10 Å². The molecule has 7 heteroatoms. The first kappa shape index (κ1) is 21.3. The monoisotopic (exact) mass is 434 g/mol. The predicted molar refractivity (Wildman–Crippen MR) is 124 cm³/mol. The number of nitrogens with zero attached hydrogens (tertiary/aromatic N) is 6. The van der Waals surface area contributed by atoms with Gasteiger partial charge in [-0.1, -0.05) is 41.5 Å². The molecule has 1 fully saturated rings. The van der Waals surface area contributed by atoms with Crippen LogP contribution in [0.25, 0.3) is 17.3 Å². The first-order valence-electron chi connectivity index (χ1n) is 11.7. The van der Waals surface area contributed by atoms with Gasteiger partial charge in [-0.25, -0.2) is 14.6 Å². The van der Waals surface area contributed by atoms with E-state index in [4.69, 9.17) is 14.8 Å². The summed E-state index contributed by atoms with van der Waals surface area (Å²) >= 11 is 0. The molecular weight excluding hydrogens is 400 g/mol. The minimum Gasteiger partial charge on any atom is -0.368 e. The summed E-state index contributed by atoms with van der Waals surface area (Å²) < 4.78 is 10.6. The van der Waals surface area contributed by atoms with Crippen LogP contribution in [0, 0.1) is 5.41 Å². The van der Waals surface area contributed by atoms with E-state index >= 15 is 0 Å². The molecule has 2 aliphatic heterocycles. The lowest BCUT2D eigenvalue weighted by molar-refractivity contribution is 0.0287. The highest BCUT2D eigenvalue weighted by molar-refractivity contribution is 5.60. The maximum atomic E-state index is 6.28. The quantitative estimate of drug-likeness (QED) is 0.576. The van der Waals surface area contributed by atoms with Crippen LogP contribution in [0.5, 0.6) is 0 Å². The summed E-state index contributed by atoms with van der Waals surface area (Å²) in [5.41, 5.74) is 4.83. The summed E-state index contributed by atoms with van der Waals surface area (Å²) in [6, 6.07) is 0. The number of rotatable bonds is 4. The maximum Gasteiger partial charge on any atom is 0.172 e. The summed E-state index contributed by atoms with van der Waals surface area (Å²) in [5.74, 6) is 1.69. The van der Waals surface area contributed by atoms with Gasteiger partial charge in [-0.3, -0.25) is 4.98 Å². The minimum atomic E-state index is -0.00118. The van der Waals surface area contributed by atoms with Crippen molar-refractivity contribution in [1.82, 2.24) is 29.3 Å². The smallest absolute Gasteiger partial charge is 0.172 e.